The van der Waals surface area contributed by atoms with E-state index in [0.717, 1.165) is 25.9 Å². The van der Waals surface area contributed by atoms with Gasteiger partial charge in [0, 0.05) is 13.0 Å². The number of hydrogen-bond donors (Lipinski definition) is 1. The van der Waals surface area contributed by atoms with E-state index in [1.807, 2.05) is 6.08 Å². The Bertz CT molecular complexity index is 202. The van der Waals surface area contributed by atoms with Gasteiger partial charge in [-0.25, -0.2) is 0 Å². The number of carbonyl (C=O) groups excluding carboxylic acids is 1. The van der Waals surface area contributed by atoms with E-state index in [9.17, 15) is 4.79 Å². The van der Waals surface area contributed by atoms with Gasteiger partial charge in [-0.2, -0.15) is 0 Å². The van der Waals surface area contributed by atoms with E-state index in [0.29, 0.717) is 11.2 Å². The van der Waals surface area contributed by atoms with Crippen LogP contribution in [0.15, 0.2) is 12.2 Å². The van der Waals surface area contributed by atoms with Crippen LogP contribution in [0.2, 0.25) is 0 Å². The zero-order valence-corrected chi connectivity index (χ0v) is 6.60. The molecule has 0 bridgehead atoms. The summed E-state index contributed by atoms with van der Waals surface area (Å²) < 4.78 is 0. The molecule has 0 saturated carbocycles. The molecular formula is C9H13NO. The smallest absolute Gasteiger partial charge is 0.155 e. The number of carbonyl (C=O) groups is 1. The SMILES string of the molecule is O=C1C=CCC2(CCNC2)C1. The monoisotopic (exact) mass is 151 g/mol. The molecule has 1 fully saturated rings. The van der Waals surface area contributed by atoms with E-state index >= 15 is 0 Å². The number of allylic oxidation sites excluding steroid dienone is 2. The first-order chi connectivity index (χ1) is 5.31. The van der Waals surface area contributed by atoms with E-state index < -0.39 is 0 Å². The molecular weight excluding hydrogens is 138 g/mol. The predicted octanol–water partition coefficient (Wildman–Crippen LogP) is 0.885. The Kier molecular flexibility index (Phi) is 1.57. The maximum Gasteiger partial charge on any atom is 0.155 e. The summed E-state index contributed by atoms with van der Waals surface area (Å²) >= 11 is 0. The van der Waals surface area contributed by atoms with Gasteiger partial charge in [-0.05, 0) is 30.9 Å². The summed E-state index contributed by atoms with van der Waals surface area (Å²) in [6.45, 7) is 2.12. The molecule has 1 spiro atoms. The highest BCUT2D eigenvalue weighted by molar-refractivity contribution is 5.91. The van der Waals surface area contributed by atoms with Crippen LogP contribution < -0.4 is 5.32 Å². The first-order valence-corrected chi connectivity index (χ1v) is 4.21. The van der Waals surface area contributed by atoms with Crippen LogP contribution in [-0.2, 0) is 4.79 Å². The average Bonchev–Trinajstić information content (AvgIpc) is 2.37. The summed E-state index contributed by atoms with van der Waals surface area (Å²) in [5.74, 6) is 0.306. The van der Waals surface area contributed by atoms with Crippen LogP contribution in [0.25, 0.3) is 0 Å². The van der Waals surface area contributed by atoms with Crippen LogP contribution in [0.1, 0.15) is 19.3 Å². The quantitative estimate of drug-likeness (QED) is 0.557. The van der Waals surface area contributed by atoms with Gasteiger partial charge in [-0.1, -0.05) is 6.08 Å². The largest absolute Gasteiger partial charge is 0.316 e. The fourth-order valence-electron chi connectivity index (χ4n) is 2.06. The zero-order chi connectivity index (χ0) is 7.73. The van der Waals surface area contributed by atoms with E-state index in [2.05, 4.69) is 5.32 Å². The molecule has 1 heterocycles. The van der Waals surface area contributed by atoms with Crippen LogP contribution in [0.5, 0.6) is 0 Å². The second-order valence-corrected chi connectivity index (χ2v) is 3.68. The van der Waals surface area contributed by atoms with Crippen molar-refractivity contribution in [1.82, 2.24) is 5.32 Å². The Morgan fingerprint density at radius 1 is 1.55 bits per heavy atom. The van der Waals surface area contributed by atoms with E-state index in [1.165, 1.54) is 6.42 Å². The Balaban J connectivity index is 2.15. The molecule has 2 rings (SSSR count). The van der Waals surface area contributed by atoms with Gasteiger partial charge in [0.1, 0.15) is 0 Å². The maximum absolute atomic E-state index is 11.1. The van der Waals surface area contributed by atoms with Gasteiger partial charge in [-0.15, -0.1) is 0 Å². The maximum atomic E-state index is 11.1. The fourth-order valence-corrected chi connectivity index (χ4v) is 2.06. The Morgan fingerprint density at radius 2 is 2.45 bits per heavy atom. The Labute approximate surface area is 66.7 Å². The standard InChI is InChI=1S/C9H13NO/c11-8-2-1-3-9(6-8)4-5-10-7-9/h1-2,10H,3-7H2. The topological polar surface area (TPSA) is 29.1 Å². The average molecular weight is 151 g/mol. The highest BCUT2D eigenvalue weighted by atomic mass is 16.1. The van der Waals surface area contributed by atoms with Crippen molar-refractivity contribution < 1.29 is 4.79 Å². The first-order valence-electron chi connectivity index (χ1n) is 4.21. The van der Waals surface area contributed by atoms with Crippen LogP contribution >= 0.6 is 0 Å². The molecule has 11 heavy (non-hydrogen) atoms. The van der Waals surface area contributed by atoms with Crippen molar-refractivity contribution in [2.45, 2.75) is 19.3 Å². The number of nitrogens with one attached hydrogen (secondary N) is 1. The molecule has 60 valence electrons. The zero-order valence-electron chi connectivity index (χ0n) is 6.60. The molecule has 2 heteroatoms. The predicted molar refractivity (Wildman–Crippen MR) is 43.3 cm³/mol. The van der Waals surface area contributed by atoms with Crippen LogP contribution in [0, 0.1) is 5.41 Å². The Hall–Kier alpha value is -0.630. The third-order valence-electron chi connectivity index (χ3n) is 2.74. The van der Waals surface area contributed by atoms with Gasteiger partial charge in [0.25, 0.3) is 0 Å². The lowest BCUT2D eigenvalue weighted by Crippen LogP contribution is -2.28. The Morgan fingerprint density at radius 3 is 3.09 bits per heavy atom. The number of ketones is 1. The van der Waals surface area contributed by atoms with Crippen molar-refractivity contribution in [1.29, 1.82) is 0 Å². The van der Waals surface area contributed by atoms with Gasteiger partial charge < -0.3 is 5.32 Å². The number of rotatable bonds is 0. The molecule has 0 aromatic carbocycles. The van der Waals surface area contributed by atoms with Crippen LogP contribution in [-0.4, -0.2) is 18.9 Å². The molecule has 0 radical (unpaired) electrons. The molecule has 0 amide bonds. The van der Waals surface area contributed by atoms with Crippen molar-refractivity contribution >= 4 is 5.78 Å². The first kappa shape index (κ1) is 7.04. The third-order valence-corrected chi connectivity index (χ3v) is 2.74. The van der Waals surface area contributed by atoms with Crippen molar-refractivity contribution in [3.05, 3.63) is 12.2 Å². The summed E-state index contributed by atoms with van der Waals surface area (Å²) in [4.78, 5) is 11.1. The highest BCUT2D eigenvalue weighted by Crippen LogP contribution is 2.36. The van der Waals surface area contributed by atoms with Gasteiger partial charge in [0.05, 0.1) is 0 Å². The van der Waals surface area contributed by atoms with Crippen LogP contribution in [0.3, 0.4) is 0 Å². The normalized spacial score (nSPS) is 36.9. The van der Waals surface area contributed by atoms with Crippen molar-refractivity contribution in [3.8, 4) is 0 Å². The molecule has 1 saturated heterocycles. The summed E-state index contributed by atoms with van der Waals surface area (Å²) in [5, 5.41) is 3.32. The molecule has 1 aliphatic heterocycles. The summed E-state index contributed by atoms with van der Waals surface area (Å²) in [6.07, 6.45) is 6.77. The van der Waals surface area contributed by atoms with Crippen molar-refractivity contribution in [2.75, 3.05) is 13.1 Å². The van der Waals surface area contributed by atoms with Crippen molar-refractivity contribution in [3.63, 3.8) is 0 Å². The van der Waals surface area contributed by atoms with E-state index in [-0.39, 0.29) is 0 Å². The molecule has 2 nitrogen and oxygen atoms in total. The second-order valence-electron chi connectivity index (χ2n) is 3.68. The minimum absolute atomic E-state index is 0.297. The van der Waals surface area contributed by atoms with Gasteiger partial charge in [0.2, 0.25) is 0 Å². The van der Waals surface area contributed by atoms with E-state index in [4.69, 9.17) is 0 Å². The fraction of sp³-hybridized carbons (Fsp3) is 0.667. The van der Waals surface area contributed by atoms with Gasteiger partial charge in [-0.3, -0.25) is 4.79 Å². The van der Waals surface area contributed by atoms with Gasteiger partial charge >= 0.3 is 0 Å². The van der Waals surface area contributed by atoms with Gasteiger partial charge in [0.15, 0.2) is 5.78 Å². The molecule has 1 N–H and O–H groups in total. The molecule has 0 aromatic heterocycles. The molecule has 0 aromatic rings. The molecule has 2 aliphatic rings. The van der Waals surface area contributed by atoms with Crippen LogP contribution in [0.4, 0.5) is 0 Å². The summed E-state index contributed by atoms with van der Waals surface area (Å²) in [5.41, 5.74) is 0.297. The highest BCUT2D eigenvalue weighted by Gasteiger charge is 2.35. The lowest BCUT2D eigenvalue weighted by molar-refractivity contribution is -0.117. The molecule has 1 atom stereocenters. The molecule has 1 aliphatic carbocycles. The second kappa shape index (κ2) is 2.45. The summed E-state index contributed by atoms with van der Waals surface area (Å²) in [7, 11) is 0. The minimum Gasteiger partial charge on any atom is -0.316 e. The summed E-state index contributed by atoms with van der Waals surface area (Å²) in [6, 6.07) is 0. The van der Waals surface area contributed by atoms with E-state index in [1.54, 1.807) is 6.08 Å². The third kappa shape index (κ3) is 1.23. The lowest BCUT2D eigenvalue weighted by Gasteiger charge is -2.27. The van der Waals surface area contributed by atoms with Crippen molar-refractivity contribution in [2.24, 2.45) is 5.41 Å². The lowest BCUT2D eigenvalue weighted by atomic mass is 9.76. The molecule has 1 unspecified atom stereocenters. The minimum atomic E-state index is 0.297. The number of hydrogen-bond acceptors (Lipinski definition) is 2.